The third-order valence-corrected chi connectivity index (χ3v) is 4.36. The van der Waals surface area contributed by atoms with Gasteiger partial charge in [-0.25, -0.2) is 4.98 Å². The fourth-order valence-electron chi connectivity index (χ4n) is 2.37. The summed E-state index contributed by atoms with van der Waals surface area (Å²) in [6.45, 7) is 6.55. The average Bonchev–Trinajstić information content (AvgIpc) is 2.77. The van der Waals surface area contributed by atoms with Crippen LogP contribution in [0.25, 0.3) is 0 Å². The van der Waals surface area contributed by atoms with Gasteiger partial charge in [0.25, 0.3) is 0 Å². The highest BCUT2D eigenvalue weighted by Gasteiger charge is 2.22. The molecule has 1 heterocycles. The smallest absolute Gasteiger partial charge is 0.107 e. The van der Waals surface area contributed by atoms with Gasteiger partial charge in [-0.2, -0.15) is 0 Å². The number of thiazole rings is 1. The average molecular weight is 224 g/mol. The molecule has 2 rings (SSSR count). The van der Waals surface area contributed by atoms with Crippen LogP contribution in [0.15, 0.2) is 5.38 Å². The normalized spacial score (nSPS) is 26.0. The fraction of sp³-hybridized carbons (Fsp3) is 0.750. The molecule has 2 nitrogen and oxygen atoms in total. The predicted molar refractivity (Wildman–Crippen MR) is 65.1 cm³/mol. The molecular weight excluding hydrogens is 204 g/mol. The van der Waals surface area contributed by atoms with E-state index in [2.05, 4.69) is 29.5 Å². The summed E-state index contributed by atoms with van der Waals surface area (Å²) in [6, 6.07) is 0. The summed E-state index contributed by atoms with van der Waals surface area (Å²) in [5.41, 5.74) is 1.14. The van der Waals surface area contributed by atoms with E-state index in [4.69, 9.17) is 0 Å². The largest absolute Gasteiger partial charge is 0.310 e. The molecule has 2 atom stereocenters. The van der Waals surface area contributed by atoms with E-state index in [0.29, 0.717) is 0 Å². The lowest BCUT2D eigenvalue weighted by molar-refractivity contribution is 0.392. The summed E-state index contributed by atoms with van der Waals surface area (Å²) in [7, 11) is 0. The zero-order chi connectivity index (χ0) is 10.7. The van der Waals surface area contributed by atoms with E-state index in [9.17, 15) is 0 Å². The Morgan fingerprint density at radius 2 is 2.40 bits per heavy atom. The molecule has 84 valence electrons. The SMILES string of the molecule is Cc1csc(CNCC2CCCC2C)n1. The first-order valence-corrected chi connectivity index (χ1v) is 6.75. The van der Waals surface area contributed by atoms with Gasteiger partial charge in [-0.3, -0.25) is 0 Å². The van der Waals surface area contributed by atoms with Crippen LogP contribution in [0.4, 0.5) is 0 Å². The molecule has 0 amide bonds. The van der Waals surface area contributed by atoms with E-state index in [1.165, 1.54) is 30.8 Å². The molecule has 0 bridgehead atoms. The van der Waals surface area contributed by atoms with Gasteiger partial charge in [-0.05, 0) is 31.7 Å². The molecule has 0 radical (unpaired) electrons. The molecule has 1 fully saturated rings. The van der Waals surface area contributed by atoms with E-state index in [0.717, 1.165) is 24.1 Å². The summed E-state index contributed by atoms with van der Waals surface area (Å²) in [6.07, 6.45) is 4.25. The zero-order valence-corrected chi connectivity index (χ0v) is 10.4. The molecule has 0 aromatic carbocycles. The highest BCUT2D eigenvalue weighted by atomic mass is 32.1. The number of nitrogens with one attached hydrogen (secondary N) is 1. The molecule has 1 N–H and O–H groups in total. The maximum Gasteiger partial charge on any atom is 0.107 e. The van der Waals surface area contributed by atoms with Crippen molar-refractivity contribution in [3.05, 3.63) is 16.1 Å². The predicted octanol–water partition coefficient (Wildman–Crippen LogP) is 2.98. The quantitative estimate of drug-likeness (QED) is 0.850. The van der Waals surface area contributed by atoms with Crippen molar-refractivity contribution in [3.63, 3.8) is 0 Å². The van der Waals surface area contributed by atoms with E-state index < -0.39 is 0 Å². The minimum absolute atomic E-state index is 0.894. The topological polar surface area (TPSA) is 24.9 Å². The van der Waals surface area contributed by atoms with Gasteiger partial charge in [-0.15, -0.1) is 11.3 Å². The molecule has 0 saturated heterocycles. The Morgan fingerprint density at radius 1 is 1.53 bits per heavy atom. The molecule has 3 heteroatoms. The number of aryl methyl sites for hydroxylation is 1. The highest BCUT2D eigenvalue weighted by Crippen LogP contribution is 2.30. The summed E-state index contributed by atoms with van der Waals surface area (Å²) in [4.78, 5) is 4.45. The first-order chi connectivity index (χ1) is 7.25. The second kappa shape index (κ2) is 5.08. The van der Waals surface area contributed by atoms with Crippen LogP contribution in [-0.4, -0.2) is 11.5 Å². The minimum Gasteiger partial charge on any atom is -0.310 e. The van der Waals surface area contributed by atoms with E-state index in [1.54, 1.807) is 11.3 Å². The standard InChI is InChI=1S/C12H20N2S/c1-9-4-3-5-11(9)6-13-7-12-14-10(2)8-15-12/h8-9,11,13H,3-7H2,1-2H3. The van der Waals surface area contributed by atoms with E-state index in [-0.39, 0.29) is 0 Å². The van der Waals surface area contributed by atoms with Crippen LogP contribution in [0.5, 0.6) is 0 Å². The van der Waals surface area contributed by atoms with Gasteiger partial charge < -0.3 is 5.32 Å². The molecule has 1 aromatic heterocycles. The first-order valence-electron chi connectivity index (χ1n) is 5.87. The Balaban J connectivity index is 1.70. The van der Waals surface area contributed by atoms with E-state index in [1.807, 2.05) is 0 Å². The lowest BCUT2D eigenvalue weighted by Crippen LogP contribution is -2.23. The lowest BCUT2D eigenvalue weighted by atomic mass is 9.98. The van der Waals surface area contributed by atoms with Crippen molar-refractivity contribution in [3.8, 4) is 0 Å². The van der Waals surface area contributed by atoms with Crippen molar-refractivity contribution in [2.24, 2.45) is 11.8 Å². The minimum atomic E-state index is 0.894. The molecule has 15 heavy (non-hydrogen) atoms. The summed E-state index contributed by atoms with van der Waals surface area (Å²) in [5.74, 6) is 1.81. The molecule has 2 unspecified atom stereocenters. The van der Waals surface area contributed by atoms with Crippen LogP contribution < -0.4 is 5.32 Å². The molecular formula is C12H20N2S. The Hall–Kier alpha value is -0.410. The van der Waals surface area contributed by atoms with Gasteiger partial charge >= 0.3 is 0 Å². The third-order valence-electron chi connectivity index (χ3n) is 3.39. The van der Waals surface area contributed by atoms with Crippen molar-refractivity contribution >= 4 is 11.3 Å². The Kier molecular flexibility index (Phi) is 3.76. The lowest BCUT2D eigenvalue weighted by Gasteiger charge is -2.15. The van der Waals surface area contributed by atoms with Crippen molar-refractivity contribution in [1.29, 1.82) is 0 Å². The molecule has 1 aromatic rings. The number of hydrogen-bond donors (Lipinski definition) is 1. The third kappa shape index (κ3) is 3.02. The van der Waals surface area contributed by atoms with Gasteiger partial charge in [0, 0.05) is 17.6 Å². The Morgan fingerprint density at radius 3 is 3.00 bits per heavy atom. The molecule has 0 spiro atoms. The Labute approximate surface area is 96.1 Å². The van der Waals surface area contributed by atoms with Crippen molar-refractivity contribution in [2.45, 2.75) is 39.7 Å². The number of hydrogen-bond acceptors (Lipinski definition) is 3. The van der Waals surface area contributed by atoms with Crippen molar-refractivity contribution in [1.82, 2.24) is 10.3 Å². The maximum absolute atomic E-state index is 4.45. The number of aromatic nitrogens is 1. The van der Waals surface area contributed by atoms with Crippen LogP contribution in [-0.2, 0) is 6.54 Å². The summed E-state index contributed by atoms with van der Waals surface area (Å²) in [5, 5.41) is 6.88. The van der Waals surface area contributed by atoms with Gasteiger partial charge in [0.05, 0.1) is 0 Å². The van der Waals surface area contributed by atoms with Gasteiger partial charge in [0.2, 0.25) is 0 Å². The number of nitrogens with zero attached hydrogens (tertiary/aromatic N) is 1. The maximum atomic E-state index is 4.45. The van der Waals surface area contributed by atoms with Crippen LogP contribution >= 0.6 is 11.3 Å². The van der Waals surface area contributed by atoms with Crippen molar-refractivity contribution in [2.75, 3.05) is 6.54 Å². The highest BCUT2D eigenvalue weighted by molar-refractivity contribution is 7.09. The summed E-state index contributed by atoms with van der Waals surface area (Å²) < 4.78 is 0. The summed E-state index contributed by atoms with van der Waals surface area (Å²) >= 11 is 1.76. The van der Waals surface area contributed by atoms with Gasteiger partial charge in [-0.1, -0.05) is 19.8 Å². The van der Waals surface area contributed by atoms with Crippen LogP contribution in [0, 0.1) is 18.8 Å². The number of rotatable bonds is 4. The molecule has 1 aliphatic rings. The van der Waals surface area contributed by atoms with Crippen LogP contribution in [0.3, 0.4) is 0 Å². The van der Waals surface area contributed by atoms with Crippen LogP contribution in [0.1, 0.15) is 36.9 Å². The molecule has 0 aliphatic heterocycles. The molecule has 1 aliphatic carbocycles. The van der Waals surface area contributed by atoms with Crippen LogP contribution in [0.2, 0.25) is 0 Å². The van der Waals surface area contributed by atoms with Gasteiger partial charge in [0.1, 0.15) is 5.01 Å². The molecule has 1 saturated carbocycles. The monoisotopic (exact) mass is 224 g/mol. The van der Waals surface area contributed by atoms with Gasteiger partial charge in [0.15, 0.2) is 0 Å². The second-order valence-electron chi connectivity index (χ2n) is 4.68. The second-order valence-corrected chi connectivity index (χ2v) is 5.62. The zero-order valence-electron chi connectivity index (χ0n) is 9.62. The van der Waals surface area contributed by atoms with E-state index >= 15 is 0 Å². The van der Waals surface area contributed by atoms with Crippen molar-refractivity contribution < 1.29 is 0 Å². The fourth-order valence-corrected chi connectivity index (χ4v) is 3.12. The first kappa shape index (κ1) is 11.1. The Bertz CT molecular complexity index is 308.